The molecule has 0 amide bonds. The van der Waals surface area contributed by atoms with E-state index in [1.165, 1.54) is 6.07 Å². The van der Waals surface area contributed by atoms with Crippen LogP contribution in [0.3, 0.4) is 0 Å². The van der Waals surface area contributed by atoms with Crippen molar-refractivity contribution in [3.8, 4) is 0 Å². The quantitative estimate of drug-likeness (QED) is 0.872. The van der Waals surface area contributed by atoms with Gasteiger partial charge in [-0.2, -0.15) is 0 Å². The van der Waals surface area contributed by atoms with Crippen LogP contribution in [-0.4, -0.2) is 9.55 Å². The lowest BCUT2D eigenvalue weighted by molar-refractivity contribution is 0.621. The number of allylic oxidation sites excluding steroid dienone is 1. The molecule has 0 saturated heterocycles. The fourth-order valence-corrected chi connectivity index (χ4v) is 1.80. The molecule has 17 heavy (non-hydrogen) atoms. The second-order valence-corrected chi connectivity index (χ2v) is 4.30. The molecular weight excluding hydrogens is 285 g/mol. The topological polar surface area (TPSA) is 29.9 Å². The molecule has 5 heteroatoms. The summed E-state index contributed by atoms with van der Waals surface area (Å²) in [5.74, 6) is 0.411. The molecule has 1 N–H and O–H groups in total. The first-order chi connectivity index (χ1) is 8.20. The minimum Gasteiger partial charge on any atom is -0.326 e. The van der Waals surface area contributed by atoms with E-state index in [-0.39, 0.29) is 5.82 Å². The zero-order valence-electron chi connectivity index (χ0n) is 9.03. The molecule has 2 rings (SSSR count). The van der Waals surface area contributed by atoms with Crippen molar-refractivity contribution in [1.29, 1.82) is 0 Å². The molecule has 0 saturated carbocycles. The van der Waals surface area contributed by atoms with E-state index in [2.05, 4.69) is 32.8 Å². The number of nitrogens with one attached hydrogen (secondary N) is 1. The van der Waals surface area contributed by atoms with Crippen LogP contribution < -0.4 is 5.32 Å². The number of halogens is 2. The summed E-state index contributed by atoms with van der Waals surface area (Å²) in [7, 11) is 0. The predicted octanol–water partition coefficient (Wildman–Crippen LogP) is 3.71. The summed E-state index contributed by atoms with van der Waals surface area (Å²) >= 11 is 3.14. The Hall–Kier alpha value is -1.62. The fraction of sp³-hybridized carbons (Fsp3) is 0.0833. The Bertz CT molecular complexity index is 536. The van der Waals surface area contributed by atoms with Crippen LogP contribution in [0.25, 0.3) is 0 Å². The van der Waals surface area contributed by atoms with E-state index in [9.17, 15) is 4.39 Å². The fourth-order valence-electron chi connectivity index (χ4n) is 1.42. The molecular formula is C12H11BrFN3. The van der Waals surface area contributed by atoms with E-state index in [4.69, 9.17) is 0 Å². The molecule has 0 aliphatic heterocycles. The van der Waals surface area contributed by atoms with Crippen molar-refractivity contribution in [2.75, 3.05) is 5.32 Å². The first kappa shape index (κ1) is 11.9. The Balaban J connectivity index is 2.22. The van der Waals surface area contributed by atoms with Gasteiger partial charge >= 0.3 is 0 Å². The standard InChI is InChI=1S/C12H11BrFN3/c1-2-6-17-7-5-15-12(17)16-9-3-4-11(14)10(13)8-9/h2-5,7-8H,1,6H2,(H,15,16). The lowest BCUT2D eigenvalue weighted by Gasteiger charge is -2.08. The van der Waals surface area contributed by atoms with Crippen LogP contribution >= 0.6 is 15.9 Å². The number of aromatic nitrogens is 2. The van der Waals surface area contributed by atoms with Gasteiger partial charge in [-0.05, 0) is 34.1 Å². The van der Waals surface area contributed by atoms with Gasteiger partial charge in [0.2, 0.25) is 5.95 Å². The minimum atomic E-state index is -0.287. The summed E-state index contributed by atoms with van der Waals surface area (Å²) in [5.41, 5.74) is 0.773. The van der Waals surface area contributed by atoms with Crippen LogP contribution in [0.2, 0.25) is 0 Å². The van der Waals surface area contributed by atoms with Gasteiger partial charge in [0.05, 0.1) is 4.47 Å². The number of rotatable bonds is 4. The van der Waals surface area contributed by atoms with Gasteiger partial charge in [-0.3, -0.25) is 0 Å². The van der Waals surface area contributed by atoms with Crippen LogP contribution in [0.1, 0.15) is 0 Å². The molecule has 88 valence electrons. The lowest BCUT2D eigenvalue weighted by atomic mass is 10.3. The highest BCUT2D eigenvalue weighted by Crippen LogP contribution is 2.22. The van der Waals surface area contributed by atoms with Crippen molar-refractivity contribution < 1.29 is 4.39 Å². The summed E-state index contributed by atoms with van der Waals surface area (Å²) in [5, 5.41) is 3.11. The van der Waals surface area contributed by atoms with Crippen molar-refractivity contribution >= 4 is 27.6 Å². The summed E-state index contributed by atoms with van der Waals surface area (Å²) in [6, 6.07) is 4.72. The Morgan fingerprint density at radius 3 is 3.06 bits per heavy atom. The van der Waals surface area contributed by atoms with E-state index >= 15 is 0 Å². The molecule has 0 radical (unpaired) electrons. The third kappa shape index (κ3) is 2.74. The second-order valence-electron chi connectivity index (χ2n) is 3.45. The van der Waals surface area contributed by atoms with Gasteiger partial charge in [0.25, 0.3) is 0 Å². The lowest BCUT2D eigenvalue weighted by Crippen LogP contribution is -2.01. The monoisotopic (exact) mass is 295 g/mol. The Morgan fingerprint density at radius 2 is 2.35 bits per heavy atom. The number of anilines is 2. The molecule has 0 aliphatic rings. The Kier molecular flexibility index (Phi) is 3.58. The second kappa shape index (κ2) is 5.14. The number of benzene rings is 1. The smallest absolute Gasteiger partial charge is 0.207 e. The van der Waals surface area contributed by atoms with Crippen LogP contribution in [0.15, 0.2) is 47.7 Å². The first-order valence-electron chi connectivity index (χ1n) is 5.05. The van der Waals surface area contributed by atoms with E-state index in [0.29, 0.717) is 17.0 Å². The molecule has 0 atom stereocenters. The molecule has 0 aliphatic carbocycles. The van der Waals surface area contributed by atoms with Gasteiger partial charge in [-0.1, -0.05) is 6.08 Å². The molecule has 1 aromatic carbocycles. The SMILES string of the molecule is C=CCn1ccnc1Nc1ccc(F)c(Br)c1. The molecule has 2 aromatic rings. The maximum absolute atomic E-state index is 13.1. The van der Waals surface area contributed by atoms with E-state index in [1.54, 1.807) is 24.4 Å². The molecule has 0 spiro atoms. The van der Waals surface area contributed by atoms with E-state index in [1.807, 2.05) is 10.8 Å². The van der Waals surface area contributed by atoms with Gasteiger partial charge in [0.15, 0.2) is 0 Å². The van der Waals surface area contributed by atoms with Gasteiger partial charge < -0.3 is 9.88 Å². The molecule has 0 fully saturated rings. The summed E-state index contributed by atoms with van der Waals surface area (Å²) in [4.78, 5) is 4.18. The van der Waals surface area contributed by atoms with Crippen LogP contribution in [0.5, 0.6) is 0 Å². The van der Waals surface area contributed by atoms with Crippen molar-refractivity contribution in [3.05, 3.63) is 53.5 Å². The molecule has 1 aromatic heterocycles. The first-order valence-corrected chi connectivity index (χ1v) is 5.84. The van der Waals surface area contributed by atoms with E-state index in [0.717, 1.165) is 5.69 Å². The van der Waals surface area contributed by atoms with Gasteiger partial charge in [-0.15, -0.1) is 6.58 Å². The zero-order valence-corrected chi connectivity index (χ0v) is 10.6. The number of hydrogen-bond acceptors (Lipinski definition) is 2. The molecule has 1 heterocycles. The average molecular weight is 296 g/mol. The van der Waals surface area contributed by atoms with Crippen molar-refractivity contribution in [2.24, 2.45) is 0 Å². The van der Waals surface area contributed by atoms with Gasteiger partial charge in [0.1, 0.15) is 5.82 Å². The maximum atomic E-state index is 13.1. The average Bonchev–Trinajstić information content (AvgIpc) is 2.72. The molecule has 0 bridgehead atoms. The maximum Gasteiger partial charge on any atom is 0.207 e. The van der Waals surface area contributed by atoms with Crippen molar-refractivity contribution in [2.45, 2.75) is 6.54 Å². The highest BCUT2D eigenvalue weighted by Gasteiger charge is 2.04. The number of imidazole rings is 1. The predicted molar refractivity (Wildman–Crippen MR) is 69.8 cm³/mol. The highest BCUT2D eigenvalue weighted by atomic mass is 79.9. The summed E-state index contributed by atoms with van der Waals surface area (Å²) < 4.78 is 15.4. The van der Waals surface area contributed by atoms with Crippen LogP contribution in [0, 0.1) is 5.82 Å². The number of nitrogens with zero attached hydrogens (tertiary/aromatic N) is 2. The van der Waals surface area contributed by atoms with E-state index < -0.39 is 0 Å². The van der Waals surface area contributed by atoms with Gasteiger partial charge in [-0.25, -0.2) is 9.37 Å². The molecule has 3 nitrogen and oxygen atoms in total. The third-order valence-electron chi connectivity index (χ3n) is 2.22. The third-order valence-corrected chi connectivity index (χ3v) is 2.82. The Labute approximate surface area is 107 Å². The summed E-state index contributed by atoms with van der Waals surface area (Å²) in [6.07, 6.45) is 5.33. The minimum absolute atomic E-state index is 0.287. The van der Waals surface area contributed by atoms with Gasteiger partial charge in [0, 0.05) is 24.6 Å². The summed E-state index contributed by atoms with van der Waals surface area (Å²) in [6.45, 7) is 4.35. The van der Waals surface area contributed by atoms with Crippen LogP contribution in [-0.2, 0) is 6.54 Å². The zero-order chi connectivity index (χ0) is 12.3. The Morgan fingerprint density at radius 1 is 1.53 bits per heavy atom. The van der Waals surface area contributed by atoms with Crippen molar-refractivity contribution in [3.63, 3.8) is 0 Å². The number of hydrogen-bond donors (Lipinski definition) is 1. The largest absolute Gasteiger partial charge is 0.326 e. The van der Waals surface area contributed by atoms with Crippen LogP contribution in [0.4, 0.5) is 16.0 Å². The normalized spacial score (nSPS) is 10.2. The van der Waals surface area contributed by atoms with Crippen molar-refractivity contribution in [1.82, 2.24) is 9.55 Å². The molecule has 0 unspecified atom stereocenters. The highest BCUT2D eigenvalue weighted by molar-refractivity contribution is 9.10.